The van der Waals surface area contributed by atoms with Crippen LogP contribution in [0.2, 0.25) is 0 Å². The van der Waals surface area contributed by atoms with Crippen molar-refractivity contribution in [1.29, 1.82) is 0 Å². The highest BCUT2D eigenvalue weighted by molar-refractivity contribution is 5.92. The molecule has 5 nitrogen and oxygen atoms in total. The van der Waals surface area contributed by atoms with Crippen LogP contribution in [-0.2, 0) is 19.7 Å². The first-order valence-corrected chi connectivity index (χ1v) is 9.44. The molecule has 136 valence electrons. The number of unbranched alkanes of at least 4 members (excludes halogenated alkanes) is 1. The van der Waals surface area contributed by atoms with Crippen LogP contribution in [0.3, 0.4) is 0 Å². The molecule has 0 spiro atoms. The van der Waals surface area contributed by atoms with Crippen molar-refractivity contribution >= 4 is 17.5 Å². The molecule has 1 saturated heterocycles. The van der Waals surface area contributed by atoms with Gasteiger partial charge in [0.25, 0.3) is 0 Å². The van der Waals surface area contributed by atoms with Gasteiger partial charge in [-0.05, 0) is 49.8 Å². The van der Waals surface area contributed by atoms with Crippen LogP contribution in [0, 0.1) is 0 Å². The molecule has 0 bridgehead atoms. The van der Waals surface area contributed by atoms with Gasteiger partial charge >= 0.3 is 0 Å². The fraction of sp³-hybridized carbons (Fsp3) is 0.600. The summed E-state index contributed by atoms with van der Waals surface area (Å²) >= 11 is 0. The number of ether oxygens (including phenoxy) is 1. The Morgan fingerprint density at radius 3 is 2.60 bits per heavy atom. The quantitative estimate of drug-likeness (QED) is 0.761. The first-order valence-electron chi connectivity index (χ1n) is 9.44. The highest BCUT2D eigenvalue weighted by Gasteiger charge is 2.51. The number of anilines is 1. The van der Waals surface area contributed by atoms with Gasteiger partial charge in [-0.2, -0.15) is 0 Å². The number of amides is 2. The molecule has 5 heteroatoms. The summed E-state index contributed by atoms with van der Waals surface area (Å²) in [5.41, 5.74) is 1.44. The molecule has 2 aliphatic rings. The monoisotopic (exact) mass is 344 g/mol. The molecule has 2 amide bonds. The molecule has 1 aromatic rings. The van der Waals surface area contributed by atoms with Crippen LogP contribution in [0.4, 0.5) is 5.69 Å². The van der Waals surface area contributed by atoms with Gasteiger partial charge in [0.1, 0.15) is 0 Å². The van der Waals surface area contributed by atoms with Gasteiger partial charge in [-0.3, -0.25) is 9.59 Å². The first-order chi connectivity index (χ1) is 12.1. The number of nitrogens with one attached hydrogen (secondary N) is 2. The zero-order chi connectivity index (χ0) is 17.7. The van der Waals surface area contributed by atoms with Gasteiger partial charge < -0.3 is 15.4 Å². The van der Waals surface area contributed by atoms with Crippen molar-refractivity contribution in [3.8, 4) is 0 Å². The lowest BCUT2D eigenvalue weighted by Crippen LogP contribution is -2.39. The molecule has 1 aromatic carbocycles. The highest BCUT2D eigenvalue weighted by atomic mass is 16.5. The summed E-state index contributed by atoms with van der Waals surface area (Å²) in [5.74, 6) is 0.146. The summed E-state index contributed by atoms with van der Waals surface area (Å²) in [7, 11) is 0. The highest BCUT2D eigenvalue weighted by Crippen LogP contribution is 2.48. The Kier molecular flexibility index (Phi) is 5.74. The van der Waals surface area contributed by atoms with E-state index in [1.165, 1.54) is 0 Å². The predicted molar refractivity (Wildman–Crippen MR) is 97.5 cm³/mol. The smallest absolute Gasteiger partial charge is 0.230 e. The second kappa shape index (κ2) is 8.00. The van der Waals surface area contributed by atoms with Crippen LogP contribution < -0.4 is 10.6 Å². The zero-order valence-electron chi connectivity index (χ0n) is 15.0. The Morgan fingerprint density at radius 1 is 1.24 bits per heavy atom. The van der Waals surface area contributed by atoms with Crippen molar-refractivity contribution in [1.82, 2.24) is 5.32 Å². The van der Waals surface area contributed by atoms with Gasteiger partial charge in [0.05, 0.1) is 11.5 Å². The number of benzene rings is 1. The Bertz CT molecular complexity index is 602. The van der Waals surface area contributed by atoms with Crippen LogP contribution in [0.1, 0.15) is 57.4 Å². The van der Waals surface area contributed by atoms with Crippen molar-refractivity contribution < 1.29 is 14.3 Å². The molecule has 0 radical (unpaired) electrons. The van der Waals surface area contributed by atoms with Gasteiger partial charge in [0.2, 0.25) is 11.8 Å². The van der Waals surface area contributed by atoms with E-state index < -0.39 is 0 Å². The van der Waals surface area contributed by atoms with E-state index in [0.29, 0.717) is 13.0 Å². The maximum absolute atomic E-state index is 12.6. The van der Waals surface area contributed by atoms with E-state index in [4.69, 9.17) is 4.74 Å². The molecular weight excluding hydrogens is 316 g/mol. The van der Waals surface area contributed by atoms with Crippen molar-refractivity contribution in [2.75, 3.05) is 18.5 Å². The van der Waals surface area contributed by atoms with E-state index >= 15 is 0 Å². The van der Waals surface area contributed by atoms with Crippen LogP contribution in [0.15, 0.2) is 24.3 Å². The lowest BCUT2D eigenvalue weighted by molar-refractivity contribution is -0.124. The molecule has 1 aliphatic carbocycles. The third-order valence-corrected chi connectivity index (χ3v) is 5.18. The third-order valence-electron chi connectivity index (χ3n) is 5.18. The van der Waals surface area contributed by atoms with E-state index in [2.05, 4.69) is 17.6 Å². The molecule has 1 aliphatic heterocycles. The molecule has 2 fully saturated rings. The summed E-state index contributed by atoms with van der Waals surface area (Å²) in [6.45, 7) is 3.48. The number of rotatable bonds is 8. The topological polar surface area (TPSA) is 67.4 Å². The molecule has 1 heterocycles. The molecule has 1 atom stereocenters. The molecule has 1 saturated carbocycles. The summed E-state index contributed by atoms with van der Waals surface area (Å²) in [5, 5.41) is 5.97. The molecular formula is C20H28N2O3. The zero-order valence-corrected chi connectivity index (χ0v) is 15.0. The van der Waals surface area contributed by atoms with Gasteiger partial charge in [-0.15, -0.1) is 0 Å². The number of carbonyl (C=O) groups excluding carboxylic acids is 2. The Morgan fingerprint density at radius 2 is 2.00 bits per heavy atom. The van der Waals surface area contributed by atoms with Crippen molar-refractivity contribution in [2.45, 2.75) is 63.4 Å². The predicted octanol–water partition coefficient (Wildman–Crippen LogP) is 3.14. The van der Waals surface area contributed by atoms with E-state index in [9.17, 15) is 9.59 Å². The Balaban J connectivity index is 1.55. The van der Waals surface area contributed by atoms with Crippen molar-refractivity contribution in [2.24, 2.45) is 0 Å². The molecule has 0 aromatic heterocycles. The van der Waals surface area contributed by atoms with Gasteiger partial charge in [-0.25, -0.2) is 0 Å². The standard InChI is InChI=1S/C20H28N2O3/c1-2-3-6-18(23)22-16-9-7-15(8-10-16)20(11-12-20)19(24)21-14-17-5-4-13-25-17/h7-10,17H,2-6,11-14H2,1H3,(H,21,24)(H,22,23). The van der Waals surface area contributed by atoms with E-state index in [1.54, 1.807) is 0 Å². The van der Waals surface area contributed by atoms with Gasteiger partial charge in [0, 0.05) is 25.3 Å². The second-order valence-electron chi connectivity index (χ2n) is 7.16. The first kappa shape index (κ1) is 17.9. The second-order valence-corrected chi connectivity index (χ2v) is 7.16. The van der Waals surface area contributed by atoms with Crippen LogP contribution in [-0.4, -0.2) is 31.1 Å². The van der Waals surface area contributed by atoms with E-state index in [1.807, 2.05) is 24.3 Å². The maximum atomic E-state index is 12.6. The van der Waals surface area contributed by atoms with Crippen LogP contribution in [0.5, 0.6) is 0 Å². The average molecular weight is 344 g/mol. The SMILES string of the molecule is CCCCC(=O)Nc1ccc(C2(C(=O)NCC3CCCO3)CC2)cc1. The van der Waals surface area contributed by atoms with Crippen LogP contribution >= 0.6 is 0 Å². The van der Waals surface area contributed by atoms with Crippen molar-refractivity contribution in [3.63, 3.8) is 0 Å². The third kappa shape index (κ3) is 4.40. The summed E-state index contributed by atoms with van der Waals surface area (Å²) in [4.78, 5) is 24.4. The summed E-state index contributed by atoms with van der Waals surface area (Å²) in [6.07, 6.45) is 6.50. The van der Waals surface area contributed by atoms with E-state index in [0.717, 1.165) is 56.4 Å². The number of carbonyl (C=O) groups is 2. The average Bonchev–Trinajstić information content (AvgIpc) is 3.27. The minimum Gasteiger partial charge on any atom is -0.376 e. The fourth-order valence-corrected chi connectivity index (χ4v) is 3.39. The normalized spacial score (nSPS) is 20.9. The number of hydrogen-bond acceptors (Lipinski definition) is 3. The minimum atomic E-state index is -0.386. The van der Waals surface area contributed by atoms with E-state index in [-0.39, 0.29) is 23.3 Å². The number of hydrogen-bond donors (Lipinski definition) is 2. The fourth-order valence-electron chi connectivity index (χ4n) is 3.39. The Labute approximate surface area is 149 Å². The lowest BCUT2D eigenvalue weighted by Gasteiger charge is -2.18. The molecule has 3 rings (SSSR count). The summed E-state index contributed by atoms with van der Waals surface area (Å²) < 4.78 is 5.57. The van der Waals surface area contributed by atoms with Crippen molar-refractivity contribution in [3.05, 3.63) is 29.8 Å². The lowest BCUT2D eigenvalue weighted by atomic mass is 9.94. The van der Waals surface area contributed by atoms with Crippen LogP contribution in [0.25, 0.3) is 0 Å². The molecule has 2 N–H and O–H groups in total. The Hall–Kier alpha value is -1.88. The minimum absolute atomic E-state index is 0.0463. The van der Waals surface area contributed by atoms with Gasteiger partial charge in [0.15, 0.2) is 0 Å². The molecule has 25 heavy (non-hydrogen) atoms. The molecule has 1 unspecified atom stereocenters. The van der Waals surface area contributed by atoms with Gasteiger partial charge in [-0.1, -0.05) is 25.5 Å². The summed E-state index contributed by atoms with van der Waals surface area (Å²) in [6, 6.07) is 7.72. The maximum Gasteiger partial charge on any atom is 0.230 e. The largest absolute Gasteiger partial charge is 0.376 e.